The van der Waals surface area contributed by atoms with Gasteiger partial charge in [0.1, 0.15) is 11.6 Å². The summed E-state index contributed by atoms with van der Waals surface area (Å²) < 4.78 is 20.8. The first-order valence-electron chi connectivity index (χ1n) is 12.9. The summed E-state index contributed by atoms with van der Waals surface area (Å²) in [6, 6.07) is 12.8. The van der Waals surface area contributed by atoms with E-state index in [9.17, 15) is 4.39 Å². The highest BCUT2D eigenvalue weighted by Gasteiger charge is 2.18. The molecule has 7 rings (SSSR count). The zero-order chi connectivity index (χ0) is 25.5. The third kappa shape index (κ3) is 4.08. The Morgan fingerprint density at radius 1 is 0.816 bits per heavy atom. The summed E-state index contributed by atoms with van der Waals surface area (Å²) in [4.78, 5) is 16.8. The molecule has 0 spiro atoms. The number of benzene rings is 1. The van der Waals surface area contributed by atoms with E-state index in [1.54, 1.807) is 36.9 Å². The Morgan fingerprint density at radius 2 is 1.66 bits per heavy atom. The standard InChI is InChI=1S/C30H25FN6O/c31-26-9-5-4-8-22(26)25-16-33-17-28-23(25)12-27(35-28)29-24-11-19(14-34-30(24)37-36-29)18-10-21(15-32-13-18)38-20-6-2-1-3-7-20/h4-5,8-17,20,35H,1-3,6-7H2,(H,34,36,37). The highest BCUT2D eigenvalue weighted by Crippen LogP contribution is 2.35. The zero-order valence-corrected chi connectivity index (χ0v) is 20.6. The summed E-state index contributed by atoms with van der Waals surface area (Å²) in [5.41, 5.74) is 6.13. The molecule has 1 aromatic carbocycles. The molecular weight excluding hydrogens is 479 g/mol. The Labute approximate surface area is 218 Å². The van der Waals surface area contributed by atoms with Crippen LogP contribution in [-0.2, 0) is 0 Å². The second-order valence-corrected chi connectivity index (χ2v) is 9.79. The molecule has 0 radical (unpaired) electrons. The van der Waals surface area contributed by atoms with Crippen molar-refractivity contribution in [3.63, 3.8) is 0 Å². The van der Waals surface area contributed by atoms with E-state index in [0.717, 1.165) is 63.0 Å². The van der Waals surface area contributed by atoms with Gasteiger partial charge in [0.05, 0.1) is 35.4 Å². The summed E-state index contributed by atoms with van der Waals surface area (Å²) >= 11 is 0. The van der Waals surface area contributed by atoms with Crippen LogP contribution in [0.1, 0.15) is 32.1 Å². The van der Waals surface area contributed by atoms with Gasteiger partial charge in [-0.3, -0.25) is 15.1 Å². The van der Waals surface area contributed by atoms with E-state index in [2.05, 4.69) is 36.2 Å². The van der Waals surface area contributed by atoms with Gasteiger partial charge in [-0.05, 0) is 49.9 Å². The van der Waals surface area contributed by atoms with Crippen LogP contribution in [0.3, 0.4) is 0 Å². The lowest BCUT2D eigenvalue weighted by molar-refractivity contribution is 0.154. The minimum absolute atomic E-state index is 0.257. The zero-order valence-electron chi connectivity index (χ0n) is 20.6. The SMILES string of the molecule is Fc1ccccc1-c1cncc2[nH]c(-c3[nH]nc4ncc(-c5cncc(OC6CCCCC6)c5)cc34)cc12. The molecule has 0 amide bonds. The summed E-state index contributed by atoms with van der Waals surface area (Å²) in [6.07, 6.45) is 15.0. The fourth-order valence-electron chi connectivity index (χ4n) is 5.36. The molecule has 0 saturated heterocycles. The van der Waals surface area contributed by atoms with Crippen molar-refractivity contribution in [2.45, 2.75) is 38.2 Å². The van der Waals surface area contributed by atoms with Gasteiger partial charge < -0.3 is 9.72 Å². The Morgan fingerprint density at radius 3 is 2.55 bits per heavy atom. The molecule has 0 atom stereocenters. The number of fused-ring (bicyclic) bond motifs is 2. The van der Waals surface area contributed by atoms with Gasteiger partial charge in [0, 0.05) is 51.6 Å². The first kappa shape index (κ1) is 22.6. The largest absolute Gasteiger partial charge is 0.489 e. The normalized spacial score (nSPS) is 14.3. The maximum atomic E-state index is 14.6. The van der Waals surface area contributed by atoms with Gasteiger partial charge in [0.2, 0.25) is 0 Å². The molecule has 8 heteroatoms. The molecule has 188 valence electrons. The lowest BCUT2D eigenvalue weighted by Gasteiger charge is -2.23. The number of hydrogen-bond donors (Lipinski definition) is 2. The van der Waals surface area contributed by atoms with Crippen LogP contribution in [0, 0.1) is 5.82 Å². The fourth-order valence-corrected chi connectivity index (χ4v) is 5.36. The molecule has 1 aliphatic rings. The van der Waals surface area contributed by atoms with E-state index in [1.165, 1.54) is 25.3 Å². The minimum Gasteiger partial charge on any atom is -0.489 e. The van der Waals surface area contributed by atoms with Crippen LogP contribution in [0.25, 0.3) is 55.6 Å². The van der Waals surface area contributed by atoms with Gasteiger partial charge in [0.25, 0.3) is 0 Å². The molecule has 7 nitrogen and oxygen atoms in total. The van der Waals surface area contributed by atoms with Gasteiger partial charge in [-0.15, -0.1) is 0 Å². The van der Waals surface area contributed by atoms with Gasteiger partial charge in [-0.2, -0.15) is 5.10 Å². The molecule has 38 heavy (non-hydrogen) atoms. The van der Waals surface area contributed by atoms with Crippen LogP contribution in [-0.4, -0.2) is 36.2 Å². The molecule has 0 aliphatic heterocycles. The second-order valence-electron chi connectivity index (χ2n) is 9.79. The molecule has 0 unspecified atom stereocenters. The topological polar surface area (TPSA) is 92.4 Å². The Balaban J connectivity index is 1.26. The maximum Gasteiger partial charge on any atom is 0.181 e. The summed E-state index contributed by atoms with van der Waals surface area (Å²) in [5.74, 6) is 0.499. The van der Waals surface area contributed by atoms with Crippen LogP contribution < -0.4 is 4.74 Å². The molecule has 0 bridgehead atoms. The lowest BCUT2D eigenvalue weighted by atomic mass is 9.98. The Kier molecular flexibility index (Phi) is 5.57. The monoisotopic (exact) mass is 504 g/mol. The predicted octanol–water partition coefficient (Wildman–Crippen LogP) is 7.08. The fraction of sp³-hybridized carbons (Fsp3) is 0.200. The van der Waals surface area contributed by atoms with Crippen LogP contribution >= 0.6 is 0 Å². The van der Waals surface area contributed by atoms with Crippen LogP contribution in [0.15, 0.2) is 73.4 Å². The molecule has 6 aromatic rings. The van der Waals surface area contributed by atoms with E-state index >= 15 is 0 Å². The third-order valence-corrected chi connectivity index (χ3v) is 7.29. The number of nitrogens with one attached hydrogen (secondary N) is 2. The van der Waals surface area contributed by atoms with Crippen LogP contribution in [0.4, 0.5) is 4.39 Å². The molecule has 2 N–H and O–H groups in total. The smallest absolute Gasteiger partial charge is 0.181 e. The van der Waals surface area contributed by atoms with E-state index in [0.29, 0.717) is 11.2 Å². The van der Waals surface area contributed by atoms with Gasteiger partial charge in [-0.25, -0.2) is 9.37 Å². The number of H-pyrrole nitrogens is 2. The first-order valence-corrected chi connectivity index (χ1v) is 12.9. The minimum atomic E-state index is -0.284. The molecule has 5 aromatic heterocycles. The third-order valence-electron chi connectivity index (χ3n) is 7.29. The summed E-state index contributed by atoms with van der Waals surface area (Å²) in [6.45, 7) is 0. The van der Waals surface area contributed by atoms with Crippen molar-refractivity contribution in [1.82, 2.24) is 30.1 Å². The molecule has 1 saturated carbocycles. The summed E-state index contributed by atoms with van der Waals surface area (Å²) in [7, 11) is 0. The van der Waals surface area contributed by atoms with E-state index in [1.807, 2.05) is 24.4 Å². The van der Waals surface area contributed by atoms with Crippen LogP contribution in [0.5, 0.6) is 5.75 Å². The van der Waals surface area contributed by atoms with Crippen molar-refractivity contribution >= 4 is 21.9 Å². The van der Waals surface area contributed by atoms with Crippen molar-refractivity contribution in [3.05, 3.63) is 79.3 Å². The van der Waals surface area contributed by atoms with Gasteiger partial charge in [-0.1, -0.05) is 24.6 Å². The highest BCUT2D eigenvalue weighted by atomic mass is 19.1. The van der Waals surface area contributed by atoms with Crippen molar-refractivity contribution < 1.29 is 9.13 Å². The average Bonchev–Trinajstić information content (AvgIpc) is 3.58. The number of ether oxygens (including phenoxy) is 1. The number of nitrogens with zero attached hydrogens (tertiary/aromatic N) is 4. The van der Waals surface area contributed by atoms with Crippen LogP contribution in [0.2, 0.25) is 0 Å². The van der Waals surface area contributed by atoms with Gasteiger partial charge in [0.15, 0.2) is 5.65 Å². The van der Waals surface area contributed by atoms with Crippen molar-refractivity contribution in [3.8, 4) is 39.4 Å². The lowest BCUT2D eigenvalue weighted by Crippen LogP contribution is -2.19. The van der Waals surface area contributed by atoms with Crippen molar-refractivity contribution in [1.29, 1.82) is 0 Å². The molecule has 1 fully saturated rings. The maximum absolute atomic E-state index is 14.6. The molecular formula is C30H25FN6O. The number of aromatic amines is 2. The number of halogens is 1. The van der Waals surface area contributed by atoms with E-state index in [4.69, 9.17) is 4.74 Å². The summed E-state index contributed by atoms with van der Waals surface area (Å²) in [5, 5.41) is 9.29. The van der Waals surface area contributed by atoms with Crippen molar-refractivity contribution in [2.24, 2.45) is 0 Å². The van der Waals surface area contributed by atoms with Gasteiger partial charge >= 0.3 is 0 Å². The average molecular weight is 505 g/mol. The number of rotatable bonds is 5. The number of hydrogen-bond acceptors (Lipinski definition) is 5. The molecule has 1 aliphatic carbocycles. The van der Waals surface area contributed by atoms with E-state index in [-0.39, 0.29) is 11.9 Å². The number of aromatic nitrogens is 6. The first-order chi connectivity index (χ1) is 18.7. The number of pyridine rings is 3. The van der Waals surface area contributed by atoms with Crippen molar-refractivity contribution in [2.75, 3.05) is 0 Å². The quantitative estimate of drug-likeness (QED) is 0.262. The second kappa shape index (κ2) is 9.37. The molecule has 5 heterocycles. The Bertz CT molecular complexity index is 1770. The van der Waals surface area contributed by atoms with E-state index < -0.39 is 0 Å². The highest BCUT2D eigenvalue weighted by molar-refractivity contribution is 6.00. The Hall–Kier alpha value is -4.59. The predicted molar refractivity (Wildman–Crippen MR) is 145 cm³/mol.